The lowest BCUT2D eigenvalue weighted by Crippen LogP contribution is -2.39. The number of nitrogens with zero attached hydrogens (tertiary/aromatic N) is 3. The highest BCUT2D eigenvalue weighted by Crippen LogP contribution is 2.20. The second kappa shape index (κ2) is 7.13. The van der Waals surface area contributed by atoms with Crippen molar-refractivity contribution in [2.75, 3.05) is 18.8 Å². The van der Waals surface area contributed by atoms with Gasteiger partial charge in [-0.3, -0.25) is 9.69 Å². The van der Waals surface area contributed by atoms with Crippen molar-refractivity contribution in [1.82, 2.24) is 14.5 Å². The predicted molar refractivity (Wildman–Crippen MR) is 80.2 cm³/mol. The van der Waals surface area contributed by atoms with Crippen LogP contribution in [-0.2, 0) is 11.3 Å². The lowest BCUT2D eigenvalue weighted by atomic mass is 10.1. The molecule has 0 saturated carbocycles. The molecule has 0 aromatic carbocycles. The van der Waals surface area contributed by atoms with E-state index < -0.39 is 5.97 Å². The number of carbonyl (C=O) groups is 1. The van der Waals surface area contributed by atoms with E-state index >= 15 is 0 Å². The van der Waals surface area contributed by atoms with Crippen LogP contribution in [0.1, 0.15) is 31.9 Å². The second-order valence-corrected chi connectivity index (χ2v) is 6.39. The molecule has 1 unspecified atom stereocenters. The Morgan fingerprint density at radius 3 is 2.80 bits per heavy atom. The summed E-state index contributed by atoms with van der Waals surface area (Å²) in [6.07, 6.45) is 5.93. The van der Waals surface area contributed by atoms with Gasteiger partial charge < -0.3 is 9.67 Å². The summed E-state index contributed by atoms with van der Waals surface area (Å²) in [6, 6.07) is 0.466. The van der Waals surface area contributed by atoms with Crippen molar-refractivity contribution in [2.45, 2.75) is 50.9 Å². The molecule has 2 heterocycles. The number of aryl methyl sites for hydroxylation is 1. The smallest absolute Gasteiger partial charge is 0.313 e. The summed E-state index contributed by atoms with van der Waals surface area (Å²) in [5.74, 6) is -0.736. The summed E-state index contributed by atoms with van der Waals surface area (Å²) in [5, 5.41) is 9.61. The molecule has 5 nitrogen and oxygen atoms in total. The van der Waals surface area contributed by atoms with Crippen molar-refractivity contribution >= 4 is 17.7 Å². The number of imidazole rings is 1. The van der Waals surface area contributed by atoms with Gasteiger partial charge in [-0.1, -0.05) is 18.2 Å². The molecule has 1 aromatic heterocycles. The average molecular weight is 297 g/mol. The van der Waals surface area contributed by atoms with Crippen LogP contribution in [-0.4, -0.2) is 50.4 Å². The van der Waals surface area contributed by atoms with Crippen molar-refractivity contribution < 1.29 is 9.90 Å². The number of carboxylic acid groups (broad SMARTS) is 1. The zero-order valence-corrected chi connectivity index (χ0v) is 13.0. The lowest BCUT2D eigenvalue weighted by Gasteiger charge is -2.32. The fraction of sp³-hybridized carbons (Fsp3) is 0.714. The largest absolute Gasteiger partial charge is 0.481 e. The van der Waals surface area contributed by atoms with Gasteiger partial charge in [-0.05, 0) is 39.8 Å². The molecule has 112 valence electrons. The second-order valence-electron chi connectivity index (χ2n) is 5.45. The molecule has 1 fully saturated rings. The van der Waals surface area contributed by atoms with E-state index in [4.69, 9.17) is 5.11 Å². The number of thioether (sulfide) groups is 1. The van der Waals surface area contributed by atoms with Gasteiger partial charge in [0.25, 0.3) is 0 Å². The van der Waals surface area contributed by atoms with Crippen LogP contribution in [0.15, 0.2) is 11.4 Å². The minimum Gasteiger partial charge on any atom is -0.481 e. The van der Waals surface area contributed by atoms with Gasteiger partial charge in [0.15, 0.2) is 5.16 Å². The van der Waals surface area contributed by atoms with E-state index in [2.05, 4.69) is 21.4 Å². The first kappa shape index (κ1) is 15.4. The van der Waals surface area contributed by atoms with Crippen LogP contribution in [0.5, 0.6) is 0 Å². The maximum absolute atomic E-state index is 10.7. The van der Waals surface area contributed by atoms with E-state index in [0.717, 1.165) is 17.4 Å². The first-order chi connectivity index (χ1) is 9.56. The number of rotatable bonds is 6. The highest BCUT2D eigenvalue weighted by molar-refractivity contribution is 7.99. The van der Waals surface area contributed by atoms with Crippen LogP contribution >= 0.6 is 11.8 Å². The van der Waals surface area contributed by atoms with Crippen molar-refractivity contribution in [2.24, 2.45) is 0 Å². The topological polar surface area (TPSA) is 58.4 Å². The first-order valence-electron chi connectivity index (χ1n) is 7.18. The molecule has 0 radical (unpaired) electrons. The molecule has 1 atom stereocenters. The Morgan fingerprint density at radius 2 is 2.15 bits per heavy atom. The van der Waals surface area contributed by atoms with Gasteiger partial charge in [-0.2, -0.15) is 0 Å². The number of hydrogen-bond acceptors (Lipinski definition) is 4. The highest BCUT2D eigenvalue weighted by Gasteiger charge is 2.18. The van der Waals surface area contributed by atoms with Crippen LogP contribution in [0.25, 0.3) is 0 Å². The lowest BCUT2D eigenvalue weighted by molar-refractivity contribution is -0.133. The summed E-state index contributed by atoms with van der Waals surface area (Å²) >= 11 is 1.30. The molecule has 0 bridgehead atoms. The summed E-state index contributed by atoms with van der Waals surface area (Å²) in [7, 11) is 0. The quantitative estimate of drug-likeness (QED) is 0.816. The molecule has 2 rings (SSSR count). The van der Waals surface area contributed by atoms with E-state index in [1.807, 2.05) is 13.1 Å². The molecular formula is C14H23N3O2S. The Labute approximate surface area is 124 Å². The maximum atomic E-state index is 10.7. The number of hydrogen-bond donors (Lipinski definition) is 1. The third-order valence-electron chi connectivity index (χ3n) is 3.66. The third-order valence-corrected chi connectivity index (χ3v) is 4.64. The van der Waals surface area contributed by atoms with Crippen LogP contribution in [0.2, 0.25) is 0 Å². The Morgan fingerprint density at radius 1 is 1.45 bits per heavy atom. The monoisotopic (exact) mass is 297 g/mol. The van der Waals surface area contributed by atoms with Gasteiger partial charge in [-0.15, -0.1) is 0 Å². The fourth-order valence-corrected chi connectivity index (χ4v) is 3.41. The van der Waals surface area contributed by atoms with E-state index in [1.54, 1.807) is 0 Å². The number of carboxylic acids is 1. The van der Waals surface area contributed by atoms with E-state index in [9.17, 15) is 4.79 Å². The zero-order chi connectivity index (χ0) is 14.5. The van der Waals surface area contributed by atoms with E-state index in [0.29, 0.717) is 6.04 Å². The Bertz CT molecular complexity index is 455. The van der Waals surface area contributed by atoms with Gasteiger partial charge in [0.2, 0.25) is 0 Å². The number of aromatic nitrogens is 2. The zero-order valence-electron chi connectivity index (χ0n) is 12.2. The van der Waals surface area contributed by atoms with Gasteiger partial charge in [0.1, 0.15) is 0 Å². The average Bonchev–Trinajstić information content (AvgIpc) is 2.77. The molecule has 1 saturated heterocycles. The molecule has 0 spiro atoms. The SMILES string of the molecule is Cc1cn(CC(C)N2CCCCC2)c(SCC(=O)O)n1. The van der Waals surface area contributed by atoms with Crippen LogP contribution in [0.4, 0.5) is 0 Å². The molecule has 0 amide bonds. The molecule has 6 heteroatoms. The third kappa shape index (κ3) is 4.24. The normalized spacial score (nSPS) is 18.1. The Hall–Kier alpha value is -1.01. The van der Waals surface area contributed by atoms with Gasteiger partial charge in [0, 0.05) is 18.8 Å². The van der Waals surface area contributed by atoms with E-state index in [1.165, 1.54) is 44.1 Å². The Balaban J connectivity index is 1.98. The first-order valence-corrected chi connectivity index (χ1v) is 8.17. The standard InChI is InChI=1S/C14H23N3O2S/c1-11-8-17(14(15-11)20-10-13(18)19)9-12(2)16-6-4-3-5-7-16/h8,12H,3-7,9-10H2,1-2H3,(H,18,19). The van der Waals surface area contributed by atoms with E-state index in [-0.39, 0.29) is 5.75 Å². The van der Waals surface area contributed by atoms with Crippen molar-refractivity contribution in [3.8, 4) is 0 Å². The van der Waals surface area contributed by atoms with Gasteiger partial charge in [-0.25, -0.2) is 4.98 Å². The number of piperidine rings is 1. The summed E-state index contributed by atoms with van der Waals surface area (Å²) in [4.78, 5) is 17.6. The van der Waals surface area contributed by atoms with Crippen LogP contribution in [0.3, 0.4) is 0 Å². The molecular weight excluding hydrogens is 274 g/mol. The van der Waals surface area contributed by atoms with Crippen LogP contribution < -0.4 is 0 Å². The minimum atomic E-state index is -0.800. The molecule has 20 heavy (non-hydrogen) atoms. The minimum absolute atomic E-state index is 0.0640. The summed E-state index contributed by atoms with van der Waals surface area (Å²) in [5.41, 5.74) is 0.948. The molecule has 1 aliphatic heterocycles. The fourth-order valence-electron chi connectivity index (χ4n) is 2.66. The highest BCUT2D eigenvalue weighted by atomic mass is 32.2. The number of aliphatic carboxylic acids is 1. The summed E-state index contributed by atoms with van der Waals surface area (Å²) < 4.78 is 2.10. The summed E-state index contributed by atoms with van der Waals surface area (Å²) in [6.45, 7) is 7.42. The Kier molecular flexibility index (Phi) is 5.48. The predicted octanol–water partition coefficient (Wildman–Crippen LogP) is 2.24. The maximum Gasteiger partial charge on any atom is 0.313 e. The van der Waals surface area contributed by atoms with Gasteiger partial charge in [0.05, 0.1) is 11.4 Å². The molecule has 1 aliphatic rings. The van der Waals surface area contributed by atoms with Crippen molar-refractivity contribution in [3.05, 3.63) is 11.9 Å². The number of likely N-dealkylation sites (tertiary alicyclic amines) is 1. The van der Waals surface area contributed by atoms with Crippen LogP contribution in [0, 0.1) is 6.92 Å². The van der Waals surface area contributed by atoms with Crippen molar-refractivity contribution in [1.29, 1.82) is 0 Å². The molecule has 0 aliphatic carbocycles. The van der Waals surface area contributed by atoms with Gasteiger partial charge >= 0.3 is 5.97 Å². The van der Waals surface area contributed by atoms with Crippen molar-refractivity contribution in [3.63, 3.8) is 0 Å². The molecule has 1 N–H and O–H groups in total. The molecule has 1 aromatic rings.